The highest BCUT2D eigenvalue weighted by Gasteiger charge is 2.15. The van der Waals surface area contributed by atoms with Crippen molar-refractivity contribution < 1.29 is 14.3 Å². The lowest BCUT2D eigenvalue weighted by Crippen LogP contribution is -2.22. The first-order valence-electron chi connectivity index (χ1n) is 7.91. The molecule has 2 rings (SSSR count). The number of nitrogens with two attached hydrogens (primary N) is 2. The normalized spacial score (nSPS) is 12.1. The van der Waals surface area contributed by atoms with Gasteiger partial charge >= 0.3 is 5.97 Å². The molecule has 140 valence electrons. The Labute approximate surface area is 160 Å². The van der Waals surface area contributed by atoms with Crippen LogP contribution in [0.4, 0.5) is 10.1 Å². The molecular weight excluding hydrogens is 371 g/mol. The van der Waals surface area contributed by atoms with Gasteiger partial charge in [0.2, 0.25) is 0 Å². The van der Waals surface area contributed by atoms with Gasteiger partial charge in [-0.15, -0.1) is 0 Å². The summed E-state index contributed by atoms with van der Waals surface area (Å²) < 4.78 is 14.2. The van der Waals surface area contributed by atoms with Crippen LogP contribution in [0, 0.1) is 5.82 Å². The molecule has 0 fully saturated rings. The summed E-state index contributed by atoms with van der Waals surface area (Å²) in [6.45, 7) is 5.84. The summed E-state index contributed by atoms with van der Waals surface area (Å²) >= 11 is 5.95. The second-order valence-electron chi connectivity index (χ2n) is 5.55. The molecule has 0 amide bonds. The Kier molecular flexibility index (Phi) is 6.31. The fourth-order valence-electron chi connectivity index (χ4n) is 2.30. The number of carbonyl (C=O) groups is 1. The number of carboxylic acid groups (broad SMARTS) is 1. The molecule has 1 aromatic heterocycles. The second kappa shape index (κ2) is 8.46. The SMILES string of the molecule is C=C(CC)c1cnc(-c2cc(Cl)ccc2F)cc1N=C(N)/C(=C\N)C(=O)O. The Balaban J connectivity index is 2.67. The maximum Gasteiger partial charge on any atom is 0.340 e. The van der Waals surface area contributed by atoms with E-state index in [1.807, 2.05) is 6.92 Å². The molecule has 1 aromatic carbocycles. The summed E-state index contributed by atoms with van der Waals surface area (Å²) in [6, 6.07) is 5.59. The molecule has 0 aliphatic rings. The van der Waals surface area contributed by atoms with Gasteiger partial charge in [-0.3, -0.25) is 4.98 Å². The molecule has 2 aromatic rings. The fourth-order valence-corrected chi connectivity index (χ4v) is 2.47. The van der Waals surface area contributed by atoms with E-state index in [1.54, 1.807) is 0 Å². The number of benzene rings is 1. The van der Waals surface area contributed by atoms with Crippen LogP contribution in [0.15, 0.2) is 53.8 Å². The van der Waals surface area contributed by atoms with Crippen molar-refractivity contribution >= 4 is 34.7 Å². The van der Waals surface area contributed by atoms with Crippen LogP contribution < -0.4 is 11.5 Å². The molecular formula is C19H18ClFN4O2. The first-order chi connectivity index (χ1) is 12.8. The number of halogens is 2. The summed E-state index contributed by atoms with van der Waals surface area (Å²) in [6.07, 6.45) is 2.95. The van der Waals surface area contributed by atoms with Gasteiger partial charge in [0.15, 0.2) is 0 Å². The smallest absolute Gasteiger partial charge is 0.340 e. The molecule has 0 unspecified atom stereocenters. The Morgan fingerprint density at radius 1 is 1.44 bits per heavy atom. The van der Waals surface area contributed by atoms with Crippen molar-refractivity contribution in [2.24, 2.45) is 16.5 Å². The standard InChI is InChI=1S/C19H18ClFN4O2/c1-3-10(2)14-9-24-16(12-6-11(20)4-5-15(12)21)7-17(14)25-18(23)13(8-22)19(26)27/h4-9H,2-3,22H2,1H3,(H,26,27)(H2,23,24,25)/b13-8+. The summed E-state index contributed by atoms with van der Waals surface area (Å²) in [7, 11) is 0. The Bertz CT molecular complexity index is 970. The quantitative estimate of drug-likeness (QED) is 0.394. The molecule has 0 atom stereocenters. The third kappa shape index (κ3) is 4.51. The van der Waals surface area contributed by atoms with E-state index in [1.165, 1.54) is 30.5 Å². The van der Waals surface area contributed by atoms with Gasteiger partial charge in [0, 0.05) is 28.5 Å². The zero-order chi connectivity index (χ0) is 20.1. The first-order valence-corrected chi connectivity index (χ1v) is 8.29. The second-order valence-corrected chi connectivity index (χ2v) is 5.99. The molecule has 27 heavy (non-hydrogen) atoms. The average molecular weight is 389 g/mol. The highest BCUT2D eigenvalue weighted by Crippen LogP contribution is 2.32. The number of aliphatic imine (C=N–C) groups is 1. The number of hydrogen-bond donors (Lipinski definition) is 3. The highest BCUT2D eigenvalue weighted by molar-refractivity contribution is 6.30. The van der Waals surface area contributed by atoms with Crippen molar-refractivity contribution in [2.75, 3.05) is 0 Å². The Morgan fingerprint density at radius 3 is 2.74 bits per heavy atom. The topological polar surface area (TPSA) is 115 Å². The van der Waals surface area contributed by atoms with Gasteiger partial charge in [0.05, 0.1) is 11.4 Å². The molecule has 0 spiro atoms. The van der Waals surface area contributed by atoms with Crippen molar-refractivity contribution in [3.05, 3.63) is 65.2 Å². The summed E-state index contributed by atoms with van der Waals surface area (Å²) in [5.41, 5.74) is 12.8. The summed E-state index contributed by atoms with van der Waals surface area (Å²) in [4.78, 5) is 19.6. The maximum atomic E-state index is 14.2. The van der Waals surface area contributed by atoms with Crippen LogP contribution in [0.25, 0.3) is 16.8 Å². The van der Waals surface area contributed by atoms with E-state index in [2.05, 4.69) is 16.6 Å². The lowest BCUT2D eigenvalue weighted by molar-refractivity contribution is -0.132. The molecule has 8 heteroatoms. The molecule has 5 N–H and O–H groups in total. The van der Waals surface area contributed by atoms with Crippen LogP contribution >= 0.6 is 11.6 Å². The summed E-state index contributed by atoms with van der Waals surface area (Å²) in [5, 5.41) is 9.49. The lowest BCUT2D eigenvalue weighted by Gasteiger charge is -2.11. The van der Waals surface area contributed by atoms with Crippen LogP contribution in [0.3, 0.4) is 0 Å². The van der Waals surface area contributed by atoms with Gasteiger partial charge < -0.3 is 16.6 Å². The number of aliphatic carboxylic acids is 1. The molecule has 0 bridgehead atoms. The first kappa shape index (κ1) is 20.1. The van der Waals surface area contributed by atoms with E-state index < -0.39 is 11.8 Å². The minimum atomic E-state index is -1.32. The third-order valence-electron chi connectivity index (χ3n) is 3.81. The third-order valence-corrected chi connectivity index (χ3v) is 4.04. The molecule has 0 saturated carbocycles. The predicted octanol–water partition coefficient (Wildman–Crippen LogP) is 3.88. The van der Waals surface area contributed by atoms with Gasteiger partial charge in [-0.2, -0.15) is 0 Å². The van der Waals surface area contributed by atoms with Crippen molar-refractivity contribution in [3.63, 3.8) is 0 Å². The van der Waals surface area contributed by atoms with Gasteiger partial charge in [-0.25, -0.2) is 14.2 Å². The minimum absolute atomic E-state index is 0.180. The van der Waals surface area contributed by atoms with Crippen LogP contribution in [0.5, 0.6) is 0 Å². The zero-order valence-electron chi connectivity index (χ0n) is 14.5. The van der Waals surface area contributed by atoms with E-state index in [-0.39, 0.29) is 22.7 Å². The molecule has 0 aliphatic heterocycles. The van der Waals surface area contributed by atoms with Crippen LogP contribution in [-0.4, -0.2) is 21.9 Å². The van der Waals surface area contributed by atoms with E-state index in [0.717, 1.165) is 6.20 Å². The molecule has 0 saturated heterocycles. The number of allylic oxidation sites excluding steroid dienone is 1. The van der Waals surface area contributed by atoms with Gasteiger partial charge in [-0.05, 0) is 36.3 Å². The highest BCUT2D eigenvalue weighted by atomic mass is 35.5. The van der Waals surface area contributed by atoms with Gasteiger partial charge in [-0.1, -0.05) is 25.1 Å². The van der Waals surface area contributed by atoms with E-state index >= 15 is 0 Å². The minimum Gasteiger partial charge on any atom is -0.478 e. The predicted molar refractivity (Wildman–Crippen MR) is 105 cm³/mol. The van der Waals surface area contributed by atoms with E-state index in [0.29, 0.717) is 28.3 Å². The molecule has 0 aliphatic carbocycles. The number of hydrogen-bond acceptors (Lipinski definition) is 4. The zero-order valence-corrected chi connectivity index (χ0v) is 15.3. The monoisotopic (exact) mass is 388 g/mol. The number of rotatable bonds is 6. The van der Waals surface area contributed by atoms with Crippen LogP contribution in [0.1, 0.15) is 18.9 Å². The van der Waals surface area contributed by atoms with Crippen molar-refractivity contribution in [2.45, 2.75) is 13.3 Å². The average Bonchev–Trinajstić information content (AvgIpc) is 2.63. The number of amidine groups is 1. The van der Waals surface area contributed by atoms with Crippen molar-refractivity contribution in [1.82, 2.24) is 4.98 Å². The Hall–Kier alpha value is -3.19. The van der Waals surface area contributed by atoms with Crippen LogP contribution in [-0.2, 0) is 4.79 Å². The van der Waals surface area contributed by atoms with Crippen molar-refractivity contribution in [3.8, 4) is 11.3 Å². The number of nitrogens with zero attached hydrogens (tertiary/aromatic N) is 2. The van der Waals surface area contributed by atoms with Crippen LogP contribution in [0.2, 0.25) is 5.02 Å². The van der Waals surface area contributed by atoms with E-state index in [9.17, 15) is 9.18 Å². The Morgan fingerprint density at radius 2 is 2.15 bits per heavy atom. The largest absolute Gasteiger partial charge is 0.478 e. The number of aromatic nitrogens is 1. The molecule has 6 nitrogen and oxygen atoms in total. The van der Waals surface area contributed by atoms with Crippen molar-refractivity contribution in [1.29, 1.82) is 0 Å². The summed E-state index contributed by atoms with van der Waals surface area (Å²) in [5.74, 6) is -2.12. The fraction of sp³-hybridized carbons (Fsp3) is 0.105. The number of pyridine rings is 1. The molecule has 1 heterocycles. The maximum absolute atomic E-state index is 14.2. The van der Waals surface area contributed by atoms with Gasteiger partial charge in [0.25, 0.3) is 0 Å². The number of carboxylic acids is 1. The van der Waals surface area contributed by atoms with Gasteiger partial charge in [0.1, 0.15) is 17.2 Å². The molecule has 0 radical (unpaired) electrons. The van der Waals surface area contributed by atoms with E-state index in [4.69, 9.17) is 28.2 Å². The lowest BCUT2D eigenvalue weighted by atomic mass is 10.0.